The lowest BCUT2D eigenvalue weighted by molar-refractivity contribution is -0.124. The summed E-state index contributed by atoms with van der Waals surface area (Å²) in [6.45, 7) is 2.16. The van der Waals surface area contributed by atoms with Gasteiger partial charge in [0.25, 0.3) is 0 Å². The van der Waals surface area contributed by atoms with E-state index in [9.17, 15) is 9.00 Å². The maximum atomic E-state index is 11.3. The first-order valence-corrected chi connectivity index (χ1v) is 5.97. The van der Waals surface area contributed by atoms with Gasteiger partial charge in [0.1, 0.15) is 0 Å². The highest BCUT2D eigenvalue weighted by molar-refractivity contribution is 7.85. The molecule has 1 aliphatic heterocycles. The van der Waals surface area contributed by atoms with Gasteiger partial charge in [0.05, 0.1) is 0 Å². The van der Waals surface area contributed by atoms with Crippen LogP contribution in [0, 0.1) is 5.92 Å². The van der Waals surface area contributed by atoms with Crippen LogP contribution in [0.1, 0.15) is 13.3 Å². The fraction of sp³-hybridized carbons (Fsp3) is 0.875. The summed E-state index contributed by atoms with van der Waals surface area (Å²) in [7, 11) is -0.730. The van der Waals surface area contributed by atoms with Crippen molar-refractivity contribution < 1.29 is 9.00 Å². The monoisotopic (exact) mass is 240 g/mol. The quantitative estimate of drug-likeness (QED) is 0.708. The summed E-state index contributed by atoms with van der Waals surface area (Å²) in [5, 5.41) is 2.85. The molecule has 0 aromatic rings. The Morgan fingerprint density at radius 2 is 2.36 bits per heavy atom. The van der Waals surface area contributed by atoms with Gasteiger partial charge in [-0.05, 0) is 6.42 Å². The molecule has 0 spiro atoms. The summed E-state index contributed by atoms with van der Waals surface area (Å²) >= 11 is 0. The summed E-state index contributed by atoms with van der Waals surface area (Å²) < 4.78 is 11.0. The van der Waals surface area contributed by atoms with Crippen molar-refractivity contribution in [2.75, 3.05) is 18.1 Å². The van der Waals surface area contributed by atoms with Gasteiger partial charge in [-0.15, -0.1) is 12.4 Å². The maximum Gasteiger partial charge on any atom is 0.224 e. The summed E-state index contributed by atoms with van der Waals surface area (Å²) in [4.78, 5) is 11.3. The fourth-order valence-corrected chi connectivity index (χ4v) is 2.64. The molecule has 84 valence electrons. The Balaban J connectivity index is 0.00000169. The summed E-state index contributed by atoms with van der Waals surface area (Å²) in [5.74, 6) is 1.14. The van der Waals surface area contributed by atoms with Gasteiger partial charge in [-0.1, -0.05) is 6.92 Å². The van der Waals surface area contributed by atoms with Gasteiger partial charge in [-0.25, -0.2) is 0 Å². The number of hydrogen-bond donors (Lipinski definition) is 2. The highest BCUT2D eigenvalue weighted by Gasteiger charge is 2.23. The third-order valence-electron chi connectivity index (χ3n) is 2.23. The van der Waals surface area contributed by atoms with Gasteiger partial charge in [0, 0.05) is 40.8 Å². The van der Waals surface area contributed by atoms with E-state index in [0.717, 1.165) is 6.42 Å². The highest BCUT2D eigenvalue weighted by Crippen LogP contribution is 2.07. The van der Waals surface area contributed by atoms with Crippen LogP contribution in [0.2, 0.25) is 0 Å². The Bertz CT molecular complexity index is 225. The second kappa shape index (κ2) is 6.37. The van der Waals surface area contributed by atoms with Crippen LogP contribution < -0.4 is 11.1 Å². The molecule has 1 saturated heterocycles. The molecule has 0 saturated carbocycles. The number of halogens is 1. The van der Waals surface area contributed by atoms with Crippen LogP contribution in [0.4, 0.5) is 0 Å². The summed E-state index contributed by atoms with van der Waals surface area (Å²) in [6.07, 6.45) is 0.829. The van der Waals surface area contributed by atoms with Crippen molar-refractivity contribution in [1.29, 1.82) is 0 Å². The van der Waals surface area contributed by atoms with Crippen molar-refractivity contribution in [2.45, 2.75) is 19.4 Å². The fourth-order valence-electron chi connectivity index (χ4n) is 1.23. The Hall–Kier alpha value is -0.130. The molecule has 0 aromatic heterocycles. The maximum absolute atomic E-state index is 11.3. The summed E-state index contributed by atoms with van der Waals surface area (Å²) in [5.41, 5.74) is 5.35. The molecule has 14 heavy (non-hydrogen) atoms. The molecular weight excluding hydrogens is 224 g/mol. The Morgan fingerprint density at radius 1 is 1.71 bits per heavy atom. The molecule has 1 rings (SSSR count). The van der Waals surface area contributed by atoms with E-state index in [4.69, 9.17) is 5.73 Å². The molecule has 6 heteroatoms. The first-order chi connectivity index (χ1) is 6.13. The van der Waals surface area contributed by atoms with Crippen molar-refractivity contribution in [3.05, 3.63) is 0 Å². The third-order valence-corrected chi connectivity index (χ3v) is 3.69. The number of rotatable bonds is 3. The van der Waals surface area contributed by atoms with E-state index in [1.807, 2.05) is 0 Å². The van der Waals surface area contributed by atoms with Crippen molar-refractivity contribution in [3.8, 4) is 0 Å². The lowest BCUT2D eigenvalue weighted by Crippen LogP contribution is -2.40. The average Bonchev–Trinajstić information content (AvgIpc) is 2.49. The Morgan fingerprint density at radius 3 is 2.79 bits per heavy atom. The van der Waals surface area contributed by atoms with Gasteiger partial charge < -0.3 is 11.1 Å². The van der Waals surface area contributed by atoms with E-state index in [2.05, 4.69) is 5.32 Å². The van der Waals surface area contributed by atoms with E-state index in [0.29, 0.717) is 18.1 Å². The van der Waals surface area contributed by atoms with Crippen molar-refractivity contribution >= 4 is 29.1 Å². The third kappa shape index (κ3) is 3.94. The van der Waals surface area contributed by atoms with Crippen LogP contribution in [-0.2, 0) is 15.6 Å². The van der Waals surface area contributed by atoms with Crippen molar-refractivity contribution in [3.63, 3.8) is 0 Å². The smallest absolute Gasteiger partial charge is 0.224 e. The minimum atomic E-state index is -0.730. The van der Waals surface area contributed by atoms with Crippen LogP contribution >= 0.6 is 12.4 Å². The topological polar surface area (TPSA) is 72.2 Å². The average molecular weight is 241 g/mol. The van der Waals surface area contributed by atoms with Gasteiger partial charge in [-0.2, -0.15) is 0 Å². The van der Waals surface area contributed by atoms with Crippen LogP contribution in [0.5, 0.6) is 0 Å². The summed E-state index contributed by atoms with van der Waals surface area (Å²) in [6, 6.07) is 0.0994. The van der Waals surface area contributed by atoms with Gasteiger partial charge in [0.2, 0.25) is 5.91 Å². The Kier molecular flexibility index (Phi) is 6.31. The van der Waals surface area contributed by atoms with E-state index >= 15 is 0 Å². The number of nitrogens with two attached hydrogens (primary N) is 1. The van der Waals surface area contributed by atoms with E-state index < -0.39 is 10.8 Å². The second-order valence-electron chi connectivity index (χ2n) is 3.44. The number of carbonyl (C=O) groups excluding carboxylic acids is 1. The lowest BCUT2D eigenvalue weighted by atomic mass is 10.1. The van der Waals surface area contributed by atoms with Crippen molar-refractivity contribution in [1.82, 2.24) is 5.32 Å². The first kappa shape index (κ1) is 13.9. The lowest BCUT2D eigenvalue weighted by Gasteiger charge is -2.14. The van der Waals surface area contributed by atoms with Gasteiger partial charge in [0.15, 0.2) is 0 Å². The van der Waals surface area contributed by atoms with Crippen LogP contribution in [-0.4, -0.2) is 34.2 Å². The molecule has 0 aliphatic carbocycles. The standard InChI is InChI=1S/C8H16N2O2S.ClH/c1-6(4-9)8(11)10-7-2-3-13(12)5-7;/h6-7H,2-5,9H2,1H3,(H,10,11);1H. The van der Waals surface area contributed by atoms with Gasteiger partial charge in [-0.3, -0.25) is 9.00 Å². The van der Waals surface area contributed by atoms with E-state index in [-0.39, 0.29) is 30.3 Å². The molecular formula is C8H17ClN2O2S. The molecule has 1 fully saturated rings. The van der Waals surface area contributed by atoms with Crippen LogP contribution in [0.15, 0.2) is 0 Å². The zero-order chi connectivity index (χ0) is 9.84. The molecule has 0 bridgehead atoms. The predicted octanol–water partition coefficient (Wildman–Crippen LogP) is -0.360. The molecule has 3 atom stereocenters. The zero-order valence-corrected chi connectivity index (χ0v) is 9.83. The molecule has 3 unspecified atom stereocenters. The van der Waals surface area contributed by atoms with Gasteiger partial charge >= 0.3 is 0 Å². The van der Waals surface area contributed by atoms with Crippen LogP contribution in [0.3, 0.4) is 0 Å². The SMILES string of the molecule is CC(CN)C(=O)NC1CCS(=O)C1.Cl. The molecule has 4 nitrogen and oxygen atoms in total. The number of amides is 1. The molecule has 0 radical (unpaired) electrons. The Labute approximate surface area is 92.9 Å². The number of carbonyl (C=O) groups is 1. The normalized spacial score (nSPS) is 27.9. The number of nitrogens with one attached hydrogen (secondary N) is 1. The highest BCUT2D eigenvalue weighted by atomic mass is 35.5. The zero-order valence-electron chi connectivity index (χ0n) is 8.19. The molecule has 3 N–H and O–H groups in total. The first-order valence-electron chi connectivity index (χ1n) is 4.49. The molecule has 1 aliphatic rings. The molecule has 1 amide bonds. The minimum absolute atomic E-state index is 0. The second-order valence-corrected chi connectivity index (χ2v) is 5.06. The molecule has 1 heterocycles. The molecule has 0 aromatic carbocycles. The van der Waals surface area contributed by atoms with Crippen LogP contribution in [0.25, 0.3) is 0 Å². The minimum Gasteiger partial charge on any atom is -0.352 e. The van der Waals surface area contributed by atoms with Crippen molar-refractivity contribution in [2.24, 2.45) is 11.7 Å². The predicted molar refractivity (Wildman–Crippen MR) is 59.9 cm³/mol. The number of hydrogen-bond acceptors (Lipinski definition) is 3. The largest absolute Gasteiger partial charge is 0.352 e. The van der Waals surface area contributed by atoms with E-state index in [1.165, 1.54) is 0 Å². The van der Waals surface area contributed by atoms with E-state index in [1.54, 1.807) is 6.92 Å².